The molecule has 146 valence electrons. The molecule has 0 fully saturated rings. The van der Waals surface area contributed by atoms with E-state index in [2.05, 4.69) is 10.3 Å². The van der Waals surface area contributed by atoms with Gasteiger partial charge in [-0.3, -0.25) is 4.79 Å². The number of hydrogen-bond acceptors (Lipinski definition) is 4. The summed E-state index contributed by atoms with van der Waals surface area (Å²) < 4.78 is 25.1. The maximum absolute atomic E-state index is 12.5. The molecule has 3 rings (SSSR count). The summed E-state index contributed by atoms with van der Waals surface area (Å²) >= 11 is 0. The number of benzene rings is 2. The smallest absolute Gasteiger partial charge is 0.251 e. The molecule has 2 aromatic carbocycles. The molecular formula is C21H23N3O3S. The topological polar surface area (TPSA) is 81.1 Å². The molecule has 0 aliphatic carbocycles. The zero-order valence-corrected chi connectivity index (χ0v) is 16.9. The van der Waals surface area contributed by atoms with Crippen molar-refractivity contribution in [1.82, 2.24) is 14.9 Å². The molecule has 0 unspecified atom stereocenters. The third kappa shape index (κ3) is 4.67. The first-order chi connectivity index (χ1) is 13.2. The Morgan fingerprint density at radius 2 is 1.75 bits per heavy atom. The van der Waals surface area contributed by atoms with Crippen molar-refractivity contribution in [1.29, 1.82) is 0 Å². The molecule has 0 saturated carbocycles. The van der Waals surface area contributed by atoms with Crippen molar-refractivity contribution >= 4 is 15.7 Å². The van der Waals surface area contributed by atoms with Crippen molar-refractivity contribution in [2.45, 2.75) is 31.3 Å². The van der Waals surface area contributed by atoms with Gasteiger partial charge in [-0.05, 0) is 49.2 Å². The SMILES string of the molecule is Cc1nccn1Cc1ccc(C(=O)N[C@@H](C)c2ccc(S(C)(=O)=O)cc2)cc1. The minimum Gasteiger partial charge on any atom is -0.346 e. The third-order valence-electron chi connectivity index (χ3n) is 4.65. The Bertz CT molecular complexity index is 1070. The molecule has 1 amide bonds. The van der Waals surface area contributed by atoms with Gasteiger partial charge in [-0.25, -0.2) is 13.4 Å². The molecule has 0 radical (unpaired) electrons. The highest BCUT2D eigenvalue weighted by Gasteiger charge is 2.13. The Balaban J connectivity index is 1.64. The molecule has 0 aliphatic heterocycles. The van der Waals surface area contributed by atoms with E-state index in [1.165, 1.54) is 6.26 Å². The van der Waals surface area contributed by atoms with Gasteiger partial charge in [0.15, 0.2) is 9.84 Å². The van der Waals surface area contributed by atoms with Crippen LogP contribution < -0.4 is 5.32 Å². The van der Waals surface area contributed by atoms with Crippen LogP contribution in [0.3, 0.4) is 0 Å². The Morgan fingerprint density at radius 3 is 2.29 bits per heavy atom. The summed E-state index contributed by atoms with van der Waals surface area (Å²) in [6.07, 6.45) is 4.86. The normalized spacial score (nSPS) is 12.5. The van der Waals surface area contributed by atoms with E-state index in [9.17, 15) is 13.2 Å². The summed E-state index contributed by atoms with van der Waals surface area (Å²) in [7, 11) is -3.23. The standard InChI is InChI=1S/C21H23N3O3S/c1-15(18-8-10-20(11-9-18)28(3,26)27)23-21(25)19-6-4-17(5-7-19)14-24-13-12-22-16(24)2/h4-13,15H,14H2,1-3H3,(H,23,25)/t15-/m0/s1. The van der Waals surface area contributed by atoms with E-state index in [1.807, 2.05) is 36.7 Å². The highest BCUT2D eigenvalue weighted by molar-refractivity contribution is 7.90. The Labute approximate surface area is 165 Å². The molecule has 28 heavy (non-hydrogen) atoms. The van der Waals surface area contributed by atoms with Crippen molar-refractivity contribution in [3.05, 3.63) is 83.4 Å². The summed E-state index contributed by atoms with van der Waals surface area (Å²) in [5.41, 5.74) is 2.50. The van der Waals surface area contributed by atoms with E-state index in [4.69, 9.17) is 0 Å². The first-order valence-electron chi connectivity index (χ1n) is 8.91. The van der Waals surface area contributed by atoms with Crippen molar-refractivity contribution in [3.8, 4) is 0 Å². The number of aromatic nitrogens is 2. The lowest BCUT2D eigenvalue weighted by Crippen LogP contribution is -2.26. The number of sulfone groups is 1. The number of aryl methyl sites for hydroxylation is 1. The number of amides is 1. The van der Waals surface area contributed by atoms with Gasteiger partial charge in [0, 0.05) is 30.8 Å². The second-order valence-electron chi connectivity index (χ2n) is 6.84. The molecule has 1 heterocycles. The van der Waals surface area contributed by atoms with Gasteiger partial charge in [0.25, 0.3) is 5.91 Å². The summed E-state index contributed by atoms with van der Waals surface area (Å²) in [4.78, 5) is 17.0. The number of nitrogens with one attached hydrogen (secondary N) is 1. The lowest BCUT2D eigenvalue weighted by Gasteiger charge is -2.15. The number of hydrogen-bond donors (Lipinski definition) is 1. The van der Waals surface area contributed by atoms with Crippen LogP contribution in [-0.2, 0) is 16.4 Å². The Morgan fingerprint density at radius 1 is 1.11 bits per heavy atom. The number of carbonyl (C=O) groups excluding carboxylic acids is 1. The van der Waals surface area contributed by atoms with Crippen LogP contribution in [0.4, 0.5) is 0 Å². The van der Waals surface area contributed by atoms with Gasteiger partial charge in [-0.15, -0.1) is 0 Å². The van der Waals surface area contributed by atoms with Gasteiger partial charge in [-0.1, -0.05) is 24.3 Å². The molecule has 6 nitrogen and oxygen atoms in total. The van der Waals surface area contributed by atoms with E-state index in [0.717, 1.165) is 17.0 Å². The van der Waals surface area contributed by atoms with Gasteiger partial charge in [0.1, 0.15) is 5.82 Å². The van der Waals surface area contributed by atoms with Crippen molar-refractivity contribution < 1.29 is 13.2 Å². The zero-order chi connectivity index (χ0) is 20.3. The lowest BCUT2D eigenvalue weighted by molar-refractivity contribution is 0.0940. The molecule has 1 N–H and O–H groups in total. The number of imidazole rings is 1. The monoisotopic (exact) mass is 397 g/mol. The van der Waals surface area contributed by atoms with Crippen LogP contribution in [0.2, 0.25) is 0 Å². The molecule has 1 aromatic heterocycles. The van der Waals surface area contributed by atoms with Gasteiger partial charge in [-0.2, -0.15) is 0 Å². The van der Waals surface area contributed by atoms with Crippen molar-refractivity contribution in [3.63, 3.8) is 0 Å². The summed E-state index contributed by atoms with van der Waals surface area (Å²) in [5.74, 6) is 0.766. The van der Waals surface area contributed by atoms with Gasteiger partial charge >= 0.3 is 0 Å². The van der Waals surface area contributed by atoms with Crippen LogP contribution >= 0.6 is 0 Å². The number of carbonyl (C=O) groups is 1. The van der Waals surface area contributed by atoms with Crippen LogP contribution in [0, 0.1) is 6.92 Å². The van der Waals surface area contributed by atoms with E-state index in [1.54, 1.807) is 42.6 Å². The molecule has 0 aliphatic rings. The molecule has 3 aromatic rings. The van der Waals surface area contributed by atoms with Gasteiger partial charge < -0.3 is 9.88 Å². The summed E-state index contributed by atoms with van der Waals surface area (Å²) in [6, 6.07) is 13.8. The molecular weight excluding hydrogens is 374 g/mol. The number of nitrogens with zero attached hydrogens (tertiary/aromatic N) is 2. The number of rotatable bonds is 6. The molecule has 7 heteroatoms. The van der Waals surface area contributed by atoms with Crippen LogP contribution in [0.25, 0.3) is 0 Å². The van der Waals surface area contributed by atoms with E-state index in [-0.39, 0.29) is 16.8 Å². The Hall–Kier alpha value is -2.93. The predicted octanol–water partition coefficient (Wildman–Crippen LogP) is 3.13. The quantitative estimate of drug-likeness (QED) is 0.693. The maximum atomic E-state index is 12.5. The zero-order valence-electron chi connectivity index (χ0n) is 16.1. The van der Waals surface area contributed by atoms with E-state index < -0.39 is 9.84 Å². The van der Waals surface area contributed by atoms with Crippen molar-refractivity contribution in [2.75, 3.05) is 6.26 Å². The second kappa shape index (κ2) is 7.98. The fraction of sp³-hybridized carbons (Fsp3) is 0.238. The average Bonchev–Trinajstić information content (AvgIpc) is 3.06. The largest absolute Gasteiger partial charge is 0.346 e. The van der Waals surface area contributed by atoms with Crippen LogP contribution in [0.1, 0.15) is 40.3 Å². The first kappa shape index (κ1) is 19.8. The van der Waals surface area contributed by atoms with Crippen LogP contribution in [-0.4, -0.2) is 30.1 Å². The fourth-order valence-corrected chi connectivity index (χ4v) is 3.53. The van der Waals surface area contributed by atoms with Crippen LogP contribution in [0.5, 0.6) is 0 Å². The maximum Gasteiger partial charge on any atom is 0.251 e. The predicted molar refractivity (Wildman–Crippen MR) is 108 cm³/mol. The minimum absolute atomic E-state index is 0.176. The third-order valence-corrected chi connectivity index (χ3v) is 5.78. The molecule has 0 spiro atoms. The van der Waals surface area contributed by atoms with Gasteiger partial charge in [0.05, 0.1) is 10.9 Å². The highest BCUT2D eigenvalue weighted by atomic mass is 32.2. The summed E-state index contributed by atoms with van der Waals surface area (Å²) in [6.45, 7) is 4.52. The summed E-state index contributed by atoms with van der Waals surface area (Å²) in [5, 5.41) is 2.94. The molecule has 0 bridgehead atoms. The van der Waals surface area contributed by atoms with Crippen LogP contribution in [0.15, 0.2) is 65.8 Å². The fourth-order valence-electron chi connectivity index (χ4n) is 2.90. The second-order valence-corrected chi connectivity index (χ2v) is 8.85. The molecule has 1 atom stereocenters. The highest BCUT2D eigenvalue weighted by Crippen LogP contribution is 2.17. The van der Waals surface area contributed by atoms with Crippen molar-refractivity contribution in [2.24, 2.45) is 0 Å². The average molecular weight is 398 g/mol. The van der Waals surface area contributed by atoms with Gasteiger partial charge in [0.2, 0.25) is 0 Å². The lowest BCUT2D eigenvalue weighted by atomic mass is 10.1. The van der Waals surface area contributed by atoms with E-state index >= 15 is 0 Å². The molecule has 0 saturated heterocycles. The Kier molecular flexibility index (Phi) is 5.65. The first-order valence-corrected chi connectivity index (χ1v) is 10.8. The van der Waals surface area contributed by atoms with E-state index in [0.29, 0.717) is 12.1 Å². The minimum atomic E-state index is -3.23.